The second-order valence-electron chi connectivity index (χ2n) is 4.10. The van der Waals surface area contributed by atoms with Gasteiger partial charge in [-0.1, -0.05) is 20.8 Å². The fraction of sp³-hybridized carbons (Fsp3) is 1.00. The summed E-state index contributed by atoms with van der Waals surface area (Å²) >= 11 is 0. The molecule has 0 spiro atoms. The van der Waals surface area contributed by atoms with Crippen molar-refractivity contribution in [1.82, 2.24) is 5.32 Å². The van der Waals surface area contributed by atoms with Crippen LogP contribution in [0.25, 0.3) is 0 Å². The molecule has 0 radical (unpaired) electrons. The molecular formula is C12H27NO. The molecule has 0 aromatic heterocycles. The van der Waals surface area contributed by atoms with Crippen LogP contribution in [0.5, 0.6) is 0 Å². The zero-order valence-electron chi connectivity index (χ0n) is 10.3. The summed E-state index contributed by atoms with van der Waals surface area (Å²) in [7, 11) is 0. The average Bonchev–Trinajstić information content (AvgIpc) is 2.20. The number of hydrogen-bond acceptors (Lipinski definition) is 2. The minimum absolute atomic E-state index is 0.775. The number of hydrogen-bond donors (Lipinski definition) is 1. The average molecular weight is 201 g/mol. The molecule has 14 heavy (non-hydrogen) atoms. The van der Waals surface area contributed by atoms with Crippen molar-refractivity contribution in [3.8, 4) is 0 Å². The lowest BCUT2D eigenvalue weighted by molar-refractivity contribution is 0.137. The van der Waals surface area contributed by atoms with E-state index in [4.69, 9.17) is 4.74 Å². The first-order valence-corrected chi connectivity index (χ1v) is 6.00. The van der Waals surface area contributed by atoms with Gasteiger partial charge in [-0.3, -0.25) is 0 Å². The first kappa shape index (κ1) is 13.9. The normalized spacial score (nSPS) is 15.4. The summed E-state index contributed by atoms with van der Waals surface area (Å²) in [5, 5.41) is 3.40. The Kier molecular flexibility index (Phi) is 9.42. The van der Waals surface area contributed by atoms with Crippen LogP contribution in [-0.2, 0) is 4.74 Å². The molecule has 0 amide bonds. The van der Waals surface area contributed by atoms with Crippen molar-refractivity contribution in [2.45, 2.75) is 40.5 Å². The zero-order chi connectivity index (χ0) is 10.8. The van der Waals surface area contributed by atoms with Gasteiger partial charge < -0.3 is 10.1 Å². The van der Waals surface area contributed by atoms with Gasteiger partial charge in [-0.25, -0.2) is 0 Å². The van der Waals surface area contributed by atoms with Crippen molar-refractivity contribution in [2.24, 2.45) is 11.8 Å². The minimum atomic E-state index is 0.775. The topological polar surface area (TPSA) is 21.3 Å². The van der Waals surface area contributed by atoms with Gasteiger partial charge in [0.2, 0.25) is 0 Å². The van der Waals surface area contributed by atoms with E-state index in [2.05, 4.69) is 33.0 Å². The van der Waals surface area contributed by atoms with Crippen LogP contribution in [0.1, 0.15) is 40.5 Å². The lowest BCUT2D eigenvalue weighted by atomic mass is 9.91. The molecule has 0 bridgehead atoms. The molecule has 0 aromatic rings. The van der Waals surface area contributed by atoms with Crippen LogP contribution in [0.3, 0.4) is 0 Å². The van der Waals surface area contributed by atoms with E-state index in [0.717, 1.165) is 38.1 Å². The summed E-state index contributed by atoms with van der Waals surface area (Å²) in [6.07, 6.45) is 2.48. The Morgan fingerprint density at radius 2 is 1.86 bits per heavy atom. The van der Waals surface area contributed by atoms with Crippen LogP contribution in [0.2, 0.25) is 0 Å². The van der Waals surface area contributed by atoms with Crippen LogP contribution in [0.4, 0.5) is 0 Å². The molecule has 0 fully saturated rings. The summed E-state index contributed by atoms with van der Waals surface area (Å²) < 4.78 is 5.33. The molecule has 1 N–H and O–H groups in total. The third-order valence-corrected chi connectivity index (χ3v) is 2.84. The van der Waals surface area contributed by atoms with Crippen molar-refractivity contribution < 1.29 is 4.74 Å². The molecule has 2 heteroatoms. The maximum Gasteiger partial charge on any atom is 0.0465 e. The SMILES string of the molecule is CCNCC(C)C(C)CCCOCC. The molecule has 0 heterocycles. The molecule has 2 nitrogen and oxygen atoms in total. The van der Waals surface area contributed by atoms with Gasteiger partial charge in [-0.15, -0.1) is 0 Å². The number of ether oxygens (including phenoxy) is 1. The van der Waals surface area contributed by atoms with Gasteiger partial charge in [-0.2, -0.15) is 0 Å². The minimum Gasteiger partial charge on any atom is -0.382 e. The van der Waals surface area contributed by atoms with E-state index < -0.39 is 0 Å². The van der Waals surface area contributed by atoms with Gasteiger partial charge in [0.05, 0.1) is 0 Å². The standard InChI is InChI=1S/C12H27NO/c1-5-13-10-12(4)11(3)8-7-9-14-6-2/h11-13H,5-10H2,1-4H3. The molecular weight excluding hydrogens is 174 g/mol. The monoisotopic (exact) mass is 201 g/mol. The largest absolute Gasteiger partial charge is 0.382 e. The Morgan fingerprint density at radius 1 is 1.14 bits per heavy atom. The van der Waals surface area contributed by atoms with E-state index in [1.54, 1.807) is 0 Å². The van der Waals surface area contributed by atoms with E-state index >= 15 is 0 Å². The molecule has 0 rings (SSSR count). The van der Waals surface area contributed by atoms with E-state index in [0.29, 0.717) is 0 Å². The molecule has 0 aliphatic carbocycles. The summed E-state index contributed by atoms with van der Waals surface area (Å²) in [4.78, 5) is 0. The highest BCUT2D eigenvalue weighted by atomic mass is 16.5. The molecule has 0 aliphatic rings. The van der Waals surface area contributed by atoms with Gasteiger partial charge in [0.15, 0.2) is 0 Å². The predicted octanol–water partition coefficient (Wildman–Crippen LogP) is 2.68. The molecule has 0 aliphatic heterocycles. The van der Waals surface area contributed by atoms with Crippen molar-refractivity contribution >= 4 is 0 Å². The molecule has 0 aromatic carbocycles. The summed E-state index contributed by atoms with van der Waals surface area (Å²) in [5.74, 6) is 1.58. The van der Waals surface area contributed by atoms with Crippen LogP contribution < -0.4 is 5.32 Å². The molecule has 86 valence electrons. The van der Waals surface area contributed by atoms with E-state index in [1.807, 2.05) is 0 Å². The quantitative estimate of drug-likeness (QED) is 0.579. The Bertz CT molecular complexity index is 117. The lowest BCUT2D eigenvalue weighted by Gasteiger charge is -2.19. The third-order valence-electron chi connectivity index (χ3n) is 2.84. The highest BCUT2D eigenvalue weighted by Crippen LogP contribution is 2.15. The number of nitrogens with one attached hydrogen (secondary N) is 1. The van der Waals surface area contributed by atoms with E-state index in [9.17, 15) is 0 Å². The van der Waals surface area contributed by atoms with Gasteiger partial charge >= 0.3 is 0 Å². The second kappa shape index (κ2) is 9.47. The first-order valence-electron chi connectivity index (χ1n) is 6.00. The van der Waals surface area contributed by atoms with E-state index in [1.165, 1.54) is 12.8 Å². The molecule has 2 unspecified atom stereocenters. The number of rotatable bonds is 9. The van der Waals surface area contributed by atoms with Gasteiger partial charge in [-0.05, 0) is 44.7 Å². The third kappa shape index (κ3) is 7.34. The first-order chi connectivity index (χ1) is 6.72. The molecule has 0 saturated heterocycles. The van der Waals surface area contributed by atoms with Crippen LogP contribution in [0.15, 0.2) is 0 Å². The van der Waals surface area contributed by atoms with Crippen LogP contribution in [0, 0.1) is 11.8 Å². The van der Waals surface area contributed by atoms with Crippen molar-refractivity contribution in [3.05, 3.63) is 0 Å². The fourth-order valence-corrected chi connectivity index (χ4v) is 1.51. The Hall–Kier alpha value is -0.0800. The highest BCUT2D eigenvalue weighted by molar-refractivity contribution is 4.64. The highest BCUT2D eigenvalue weighted by Gasteiger charge is 2.10. The van der Waals surface area contributed by atoms with Gasteiger partial charge in [0.1, 0.15) is 0 Å². The smallest absolute Gasteiger partial charge is 0.0465 e. The van der Waals surface area contributed by atoms with Crippen molar-refractivity contribution in [1.29, 1.82) is 0 Å². The van der Waals surface area contributed by atoms with E-state index in [-0.39, 0.29) is 0 Å². The van der Waals surface area contributed by atoms with Crippen molar-refractivity contribution in [3.63, 3.8) is 0 Å². The maximum atomic E-state index is 5.33. The maximum absolute atomic E-state index is 5.33. The van der Waals surface area contributed by atoms with Crippen LogP contribution in [-0.4, -0.2) is 26.3 Å². The summed E-state index contributed by atoms with van der Waals surface area (Å²) in [6.45, 7) is 12.9. The lowest BCUT2D eigenvalue weighted by Crippen LogP contribution is -2.25. The van der Waals surface area contributed by atoms with Crippen LogP contribution >= 0.6 is 0 Å². The Labute approximate surface area is 89.4 Å². The van der Waals surface area contributed by atoms with Crippen molar-refractivity contribution in [2.75, 3.05) is 26.3 Å². The Morgan fingerprint density at radius 3 is 2.43 bits per heavy atom. The summed E-state index contributed by atoms with van der Waals surface area (Å²) in [6, 6.07) is 0. The van der Waals surface area contributed by atoms with Gasteiger partial charge in [0, 0.05) is 13.2 Å². The molecule has 2 atom stereocenters. The second-order valence-corrected chi connectivity index (χ2v) is 4.10. The fourth-order valence-electron chi connectivity index (χ4n) is 1.51. The molecule has 0 saturated carbocycles. The van der Waals surface area contributed by atoms with Gasteiger partial charge in [0.25, 0.3) is 0 Å². The Balaban J connectivity index is 3.36. The predicted molar refractivity (Wildman–Crippen MR) is 62.6 cm³/mol. The summed E-state index contributed by atoms with van der Waals surface area (Å²) in [5.41, 5.74) is 0. The zero-order valence-corrected chi connectivity index (χ0v) is 10.3.